The molecule has 0 spiro atoms. The fourth-order valence-corrected chi connectivity index (χ4v) is 6.55. The number of halogens is 1. The topological polar surface area (TPSA) is 85.0 Å². The number of carbonyl (C=O) groups is 1. The molecule has 7 heteroatoms. The third kappa shape index (κ3) is 6.01. The van der Waals surface area contributed by atoms with Crippen LogP contribution in [-0.4, -0.2) is 61.5 Å². The summed E-state index contributed by atoms with van der Waals surface area (Å²) >= 11 is 6.87. The first-order valence-electron chi connectivity index (χ1n) is 14.1. The molecule has 2 fully saturated rings. The van der Waals surface area contributed by atoms with Crippen LogP contribution in [0.25, 0.3) is 21.9 Å². The van der Waals surface area contributed by atoms with Crippen molar-refractivity contribution < 1.29 is 19.4 Å². The highest BCUT2D eigenvalue weighted by atomic mass is 35.5. The van der Waals surface area contributed by atoms with Crippen LogP contribution in [0.1, 0.15) is 44.1 Å². The molecule has 3 aromatic rings. The largest absolute Gasteiger partial charge is 0.385 e. The van der Waals surface area contributed by atoms with Gasteiger partial charge < -0.3 is 25.2 Å². The summed E-state index contributed by atoms with van der Waals surface area (Å²) < 4.78 is 11.6. The molecule has 3 N–H and O–H groups in total. The van der Waals surface area contributed by atoms with E-state index in [9.17, 15) is 9.90 Å². The lowest BCUT2D eigenvalue weighted by Crippen LogP contribution is -2.55. The van der Waals surface area contributed by atoms with Gasteiger partial charge in [-0.05, 0) is 72.6 Å². The number of fused-ring (bicyclic) bond motifs is 1. The fourth-order valence-electron chi connectivity index (χ4n) is 6.27. The van der Waals surface area contributed by atoms with Gasteiger partial charge in [0.1, 0.15) is 11.7 Å². The number of ether oxygens (including phenoxy) is 2. The van der Waals surface area contributed by atoms with E-state index in [-0.39, 0.29) is 17.9 Å². The van der Waals surface area contributed by atoms with Crippen molar-refractivity contribution in [2.45, 2.75) is 56.3 Å². The number of hydrogen-bond donors (Lipinski definition) is 2. The summed E-state index contributed by atoms with van der Waals surface area (Å²) in [7, 11) is 1.68. The molecule has 0 aromatic heterocycles. The van der Waals surface area contributed by atoms with E-state index in [0.29, 0.717) is 37.7 Å². The van der Waals surface area contributed by atoms with Crippen molar-refractivity contribution in [1.82, 2.24) is 4.90 Å². The standard InChI is InChI=1S/C32H39ClN2O4/c1-38-17-5-4-15-32(37,29-21-35(16-18-39-29)31(36)25-13-14-26(34)20-25)27-9-6-10-28(33)30(27)24-12-11-22-7-2-3-8-23(22)19-24/h2-3,6-12,19,25-26,29,37H,4-5,13-18,20-21,34H2,1H3. The summed E-state index contributed by atoms with van der Waals surface area (Å²) in [5.41, 5.74) is 7.21. The molecule has 1 saturated heterocycles. The number of rotatable bonds is 9. The smallest absolute Gasteiger partial charge is 0.225 e. The lowest BCUT2D eigenvalue weighted by Gasteiger charge is -2.44. The minimum absolute atomic E-state index is 0.0483. The van der Waals surface area contributed by atoms with E-state index >= 15 is 0 Å². The van der Waals surface area contributed by atoms with Gasteiger partial charge in [-0.15, -0.1) is 0 Å². The summed E-state index contributed by atoms with van der Waals surface area (Å²) in [6, 6.07) is 20.2. The Labute approximate surface area is 236 Å². The van der Waals surface area contributed by atoms with Crippen molar-refractivity contribution in [3.05, 3.63) is 71.2 Å². The Morgan fingerprint density at radius 2 is 1.95 bits per heavy atom. The Hall–Kier alpha value is -2.48. The quantitative estimate of drug-likeness (QED) is 0.343. The van der Waals surface area contributed by atoms with Gasteiger partial charge in [0.2, 0.25) is 5.91 Å². The van der Waals surface area contributed by atoms with E-state index in [4.69, 9.17) is 26.8 Å². The van der Waals surface area contributed by atoms with E-state index in [2.05, 4.69) is 30.3 Å². The molecule has 4 unspecified atom stereocenters. The monoisotopic (exact) mass is 550 g/mol. The van der Waals surface area contributed by atoms with Gasteiger partial charge >= 0.3 is 0 Å². The van der Waals surface area contributed by atoms with Crippen molar-refractivity contribution in [2.75, 3.05) is 33.4 Å². The second kappa shape index (κ2) is 12.4. The highest BCUT2D eigenvalue weighted by molar-refractivity contribution is 6.33. The van der Waals surface area contributed by atoms with Crippen LogP contribution in [0.5, 0.6) is 0 Å². The number of nitrogens with two attached hydrogens (primary N) is 1. The highest BCUT2D eigenvalue weighted by Crippen LogP contribution is 2.43. The van der Waals surface area contributed by atoms with E-state index < -0.39 is 11.7 Å². The van der Waals surface area contributed by atoms with E-state index in [1.54, 1.807) is 7.11 Å². The van der Waals surface area contributed by atoms with Crippen LogP contribution in [0.4, 0.5) is 0 Å². The molecule has 1 aliphatic heterocycles. The number of nitrogens with zero attached hydrogens (tertiary/aromatic N) is 1. The minimum atomic E-state index is -1.36. The average molecular weight is 551 g/mol. The van der Waals surface area contributed by atoms with E-state index in [1.807, 2.05) is 35.2 Å². The second-order valence-corrected chi connectivity index (χ2v) is 11.4. The SMILES string of the molecule is COCCCCC(O)(c1cccc(Cl)c1-c1ccc2ccccc2c1)C1CN(C(=O)C2CCC(N)C2)CCO1. The number of morpholine rings is 1. The highest BCUT2D eigenvalue weighted by Gasteiger charge is 2.45. The molecule has 1 aliphatic carbocycles. The molecule has 208 valence electrons. The molecule has 6 nitrogen and oxygen atoms in total. The van der Waals surface area contributed by atoms with Crippen LogP contribution in [0.15, 0.2) is 60.7 Å². The Morgan fingerprint density at radius 1 is 1.13 bits per heavy atom. The first-order chi connectivity index (χ1) is 18.9. The number of hydrogen-bond acceptors (Lipinski definition) is 5. The van der Waals surface area contributed by atoms with Gasteiger partial charge in [-0.25, -0.2) is 0 Å². The zero-order valence-electron chi connectivity index (χ0n) is 22.7. The summed E-state index contributed by atoms with van der Waals surface area (Å²) in [5, 5.41) is 15.4. The average Bonchev–Trinajstić information content (AvgIpc) is 3.40. The molecule has 1 saturated carbocycles. The summed E-state index contributed by atoms with van der Waals surface area (Å²) in [6.45, 7) is 1.84. The predicted octanol–water partition coefficient (Wildman–Crippen LogP) is 5.52. The molecule has 1 amide bonds. The Bertz CT molecular complexity index is 1300. The molecule has 2 aliphatic rings. The maximum absolute atomic E-state index is 13.4. The third-order valence-electron chi connectivity index (χ3n) is 8.41. The molecule has 39 heavy (non-hydrogen) atoms. The molecule has 5 rings (SSSR count). The summed E-state index contributed by atoms with van der Waals surface area (Å²) in [6.07, 6.45) is 3.83. The lowest BCUT2D eigenvalue weighted by molar-refractivity contribution is -0.167. The van der Waals surface area contributed by atoms with E-state index in [0.717, 1.165) is 59.6 Å². The number of amides is 1. The molecule has 1 heterocycles. The van der Waals surface area contributed by atoms with Gasteiger partial charge in [0, 0.05) is 42.8 Å². The molecular weight excluding hydrogens is 512 g/mol. The predicted molar refractivity (Wildman–Crippen MR) is 156 cm³/mol. The van der Waals surface area contributed by atoms with Gasteiger partial charge in [-0.3, -0.25) is 4.79 Å². The van der Waals surface area contributed by atoms with Crippen molar-refractivity contribution in [3.63, 3.8) is 0 Å². The van der Waals surface area contributed by atoms with Crippen LogP contribution in [-0.2, 0) is 19.9 Å². The molecular formula is C32H39ClN2O4. The van der Waals surface area contributed by atoms with Crippen LogP contribution in [0, 0.1) is 5.92 Å². The zero-order chi connectivity index (χ0) is 27.4. The van der Waals surface area contributed by atoms with Gasteiger partial charge in [-0.1, -0.05) is 60.1 Å². The van der Waals surface area contributed by atoms with Crippen molar-refractivity contribution >= 4 is 28.3 Å². The first-order valence-corrected chi connectivity index (χ1v) is 14.4. The van der Waals surface area contributed by atoms with Crippen molar-refractivity contribution in [3.8, 4) is 11.1 Å². The third-order valence-corrected chi connectivity index (χ3v) is 8.72. The van der Waals surface area contributed by atoms with Crippen molar-refractivity contribution in [1.29, 1.82) is 0 Å². The fraction of sp³-hybridized carbons (Fsp3) is 0.469. The number of carbonyl (C=O) groups excluding carboxylic acids is 1. The van der Waals surface area contributed by atoms with Crippen LogP contribution < -0.4 is 5.73 Å². The molecule has 3 aromatic carbocycles. The van der Waals surface area contributed by atoms with Gasteiger partial charge in [0.25, 0.3) is 0 Å². The molecule has 0 bridgehead atoms. The van der Waals surface area contributed by atoms with E-state index in [1.165, 1.54) is 0 Å². The number of benzene rings is 3. The minimum Gasteiger partial charge on any atom is -0.385 e. The van der Waals surface area contributed by atoms with Crippen LogP contribution in [0.2, 0.25) is 5.02 Å². The zero-order valence-corrected chi connectivity index (χ0v) is 23.4. The molecule has 0 radical (unpaired) electrons. The summed E-state index contributed by atoms with van der Waals surface area (Å²) in [4.78, 5) is 15.3. The second-order valence-electron chi connectivity index (χ2n) is 11.0. The van der Waals surface area contributed by atoms with Gasteiger partial charge in [0.15, 0.2) is 0 Å². The lowest BCUT2D eigenvalue weighted by atomic mass is 9.78. The Morgan fingerprint density at radius 3 is 2.72 bits per heavy atom. The van der Waals surface area contributed by atoms with Crippen molar-refractivity contribution in [2.24, 2.45) is 11.7 Å². The van der Waals surface area contributed by atoms with Gasteiger partial charge in [-0.2, -0.15) is 0 Å². The van der Waals surface area contributed by atoms with Crippen LogP contribution in [0.3, 0.4) is 0 Å². The maximum Gasteiger partial charge on any atom is 0.225 e. The Balaban J connectivity index is 1.52. The Kier molecular flexibility index (Phi) is 8.89. The number of unbranched alkanes of at least 4 members (excludes halogenated alkanes) is 1. The summed E-state index contributed by atoms with van der Waals surface area (Å²) in [5.74, 6) is 0.0757. The maximum atomic E-state index is 13.4. The van der Waals surface area contributed by atoms with Crippen LogP contribution >= 0.6 is 11.6 Å². The number of methoxy groups -OCH3 is 1. The normalized spacial score (nSPS) is 23.2. The molecule has 4 atom stereocenters. The number of aliphatic hydroxyl groups is 1. The first kappa shape index (κ1) is 28.1. The van der Waals surface area contributed by atoms with Gasteiger partial charge in [0.05, 0.1) is 13.2 Å².